The summed E-state index contributed by atoms with van der Waals surface area (Å²) in [7, 11) is 0. The zero-order valence-corrected chi connectivity index (χ0v) is 12.8. The molecule has 2 amide bonds. The number of nitrogens with zero attached hydrogens (tertiary/aromatic N) is 1. The number of urea groups is 1. The van der Waals surface area contributed by atoms with Crippen molar-refractivity contribution < 1.29 is 14.7 Å². The molecule has 1 atom stereocenters. The number of carbonyl (C=O) groups excluding carboxylic acids is 1. The third-order valence-corrected chi connectivity index (χ3v) is 4.06. The zero-order valence-electron chi connectivity index (χ0n) is 12.8. The molecule has 0 aliphatic carbocycles. The number of aryl methyl sites for hydroxylation is 1. The molecule has 2 aromatic carbocycles. The minimum atomic E-state index is -0.987. The molecule has 1 aliphatic heterocycles. The summed E-state index contributed by atoms with van der Waals surface area (Å²) >= 11 is 0. The molecule has 0 bridgehead atoms. The van der Waals surface area contributed by atoms with Crippen LogP contribution in [-0.2, 0) is 17.8 Å². The van der Waals surface area contributed by atoms with E-state index in [0.29, 0.717) is 18.7 Å². The minimum absolute atomic E-state index is 0.296. The maximum absolute atomic E-state index is 12.6. The van der Waals surface area contributed by atoms with Crippen LogP contribution in [0.4, 0.5) is 10.5 Å². The molecule has 2 aromatic rings. The highest BCUT2D eigenvalue weighted by Gasteiger charge is 2.34. The Morgan fingerprint density at radius 3 is 2.57 bits per heavy atom. The number of anilines is 1. The van der Waals surface area contributed by atoms with Crippen molar-refractivity contribution in [2.45, 2.75) is 25.9 Å². The van der Waals surface area contributed by atoms with Crippen LogP contribution >= 0.6 is 0 Å². The average Bonchev–Trinajstić information content (AvgIpc) is 2.53. The summed E-state index contributed by atoms with van der Waals surface area (Å²) in [6.45, 7) is 2.23. The van der Waals surface area contributed by atoms with Gasteiger partial charge in [-0.15, -0.1) is 0 Å². The van der Waals surface area contributed by atoms with Gasteiger partial charge in [0.25, 0.3) is 0 Å². The van der Waals surface area contributed by atoms with Gasteiger partial charge < -0.3 is 15.3 Å². The van der Waals surface area contributed by atoms with Crippen LogP contribution in [0.15, 0.2) is 48.5 Å². The molecule has 23 heavy (non-hydrogen) atoms. The van der Waals surface area contributed by atoms with E-state index < -0.39 is 18.0 Å². The Bertz CT molecular complexity index is 757. The van der Waals surface area contributed by atoms with Gasteiger partial charge in [-0.25, -0.2) is 9.59 Å². The van der Waals surface area contributed by atoms with Crippen molar-refractivity contribution in [3.8, 4) is 0 Å². The van der Waals surface area contributed by atoms with Crippen LogP contribution in [0.1, 0.15) is 16.7 Å². The molecule has 0 aromatic heterocycles. The van der Waals surface area contributed by atoms with Crippen molar-refractivity contribution in [1.29, 1.82) is 0 Å². The monoisotopic (exact) mass is 310 g/mol. The zero-order chi connectivity index (χ0) is 16.4. The molecule has 118 valence electrons. The SMILES string of the molecule is Cc1cccc(NC(=O)N2Cc3ccccc3CC2C(=O)O)c1. The Kier molecular flexibility index (Phi) is 4.02. The van der Waals surface area contributed by atoms with Gasteiger partial charge in [0.05, 0.1) is 0 Å². The maximum Gasteiger partial charge on any atom is 0.326 e. The van der Waals surface area contributed by atoms with Crippen LogP contribution in [0, 0.1) is 6.92 Å². The smallest absolute Gasteiger partial charge is 0.326 e. The van der Waals surface area contributed by atoms with Gasteiger partial charge in [0, 0.05) is 18.7 Å². The third kappa shape index (κ3) is 3.18. The molecule has 5 nitrogen and oxygen atoms in total. The van der Waals surface area contributed by atoms with Crippen molar-refractivity contribution in [2.24, 2.45) is 0 Å². The van der Waals surface area contributed by atoms with E-state index in [9.17, 15) is 14.7 Å². The second kappa shape index (κ2) is 6.12. The van der Waals surface area contributed by atoms with Gasteiger partial charge in [0.2, 0.25) is 0 Å². The molecule has 1 unspecified atom stereocenters. The fourth-order valence-electron chi connectivity index (χ4n) is 2.88. The second-order valence-corrected chi connectivity index (χ2v) is 5.75. The first-order valence-electron chi connectivity index (χ1n) is 7.48. The van der Waals surface area contributed by atoms with Crippen molar-refractivity contribution in [3.63, 3.8) is 0 Å². The predicted molar refractivity (Wildman–Crippen MR) is 87.3 cm³/mol. The Morgan fingerprint density at radius 2 is 1.87 bits per heavy atom. The van der Waals surface area contributed by atoms with E-state index in [2.05, 4.69) is 5.32 Å². The molecular formula is C18H18N2O3. The summed E-state index contributed by atoms with van der Waals surface area (Å²) in [5.41, 5.74) is 3.67. The minimum Gasteiger partial charge on any atom is -0.480 e. The van der Waals surface area contributed by atoms with Crippen molar-refractivity contribution in [1.82, 2.24) is 4.90 Å². The summed E-state index contributed by atoms with van der Waals surface area (Å²) in [4.78, 5) is 25.5. The van der Waals surface area contributed by atoms with Crippen molar-refractivity contribution in [2.75, 3.05) is 5.32 Å². The van der Waals surface area contributed by atoms with Gasteiger partial charge in [-0.3, -0.25) is 0 Å². The van der Waals surface area contributed by atoms with Crippen LogP contribution in [0.2, 0.25) is 0 Å². The van der Waals surface area contributed by atoms with Crippen LogP contribution < -0.4 is 5.32 Å². The first kappa shape index (κ1) is 15.1. The lowest BCUT2D eigenvalue weighted by Gasteiger charge is -2.34. The van der Waals surface area contributed by atoms with E-state index in [0.717, 1.165) is 16.7 Å². The Labute approximate surface area is 134 Å². The summed E-state index contributed by atoms with van der Waals surface area (Å²) in [5.74, 6) is -0.987. The summed E-state index contributed by atoms with van der Waals surface area (Å²) in [6, 6.07) is 13.8. The number of carboxylic acids is 1. The molecule has 0 spiro atoms. The standard InChI is InChI=1S/C18H18N2O3/c1-12-5-4-8-15(9-12)19-18(23)20-11-14-7-3-2-6-13(14)10-16(20)17(21)22/h2-9,16H,10-11H2,1H3,(H,19,23)(H,21,22). The fourth-order valence-corrected chi connectivity index (χ4v) is 2.88. The number of benzene rings is 2. The molecule has 0 radical (unpaired) electrons. The van der Waals surface area contributed by atoms with Crippen molar-refractivity contribution in [3.05, 3.63) is 65.2 Å². The lowest BCUT2D eigenvalue weighted by molar-refractivity contribution is -0.142. The normalized spacial score (nSPS) is 16.6. The lowest BCUT2D eigenvalue weighted by Crippen LogP contribution is -2.50. The largest absolute Gasteiger partial charge is 0.480 e. The molecule has 2 N–H and O–H groups in total. The first-order chi connectivity index (χ1) is 11.0. The van der Waals surface area contributed by atoms with E-state index in [1.54, 1.807) is 6.07 Å². The molecule has 1 heterocycles. The van der Waals surface area contributed by atoms with Gasteiger partial charge in [0.15, 0.2) is 0 Å². The summed E-state index contributed by atoms with van der Waals surface area (Å²) < 4.78 is 0. The number of carbonyl (C=O) groups is 2. The summed E-state index contributed by atoms with van der Waals surface area (Å²) in [6.07, 6.45) is 0.326. The Balaban J connectivity index is 1.84. The molecule has 0 saturated heterocycles. The number of fused-ring (bicyclic) bond motifs is 1. The second-order valence-electron chi connectivity index (χ2n) is 5.75. The summed E-state index contributed by atoms with van der Waals surface area (Å²) in [5, 5.41) is 12.3. The lowest BCUT2D eigenvalue weighted by atomic mass is 9.94. The number of hydrogen-bond acceptors (Lipinski definition) is 2. The molecule has 1 aliphatic rings. The van der Waals surface area contributed by atoms with E-state index in [1.807, 2.05) is 49.4 Å². The molecule has 0 saturated carbocycles. The van der Waals surface area contributed by atoms with Crippen LogP contribution in [-0.4, -0.2) is 28.0 Å². The Morgan fingerprint density at radius 1 is 1.13 bits per heavy atom. The molecule has 0 fully saturated rings. The van der Waals surface area contributed by atoms with Gasteiger partial charge in [-0.05, 0) is 35.7 Å². The highest BCUT2D eigenvalue weighted by Crippen LogP contribution is 2.24. The number of nitrogens with one attached hydrogen (secondary N) is 1. The van der Waals surface area contributed by atoms with Crippen LogP contribution in [0.3, 0.4) is 0 Å². The van der Waals surface area contributed by atoms with Crippen LogP contribution in [0.5, 0.6) is 0 Å². The van der Waals surface area contributed by atoms with Gasteiger partial charge in [-0.2, -0.15) is 0 Å². The van der Waals surface area contributed by atoms with Gasteiger partial charge in [-0.1, -0.05) is 36.4 Å². The first-order valence-corrected chi connectivity index (χ1v) is 7.48. The van der Waals surface area contributed by atoms with E-state index >= 15 is 0 Å². The number of hydrogen-bond donors (Lipinski definition) is 2. The number of aliphatic carboxylic acids is 1. The van der Waals surface area contributed by atoms with Crippen LogP contribution in [0.25, 0.3) is 0 Å². The average molecular weight is 310 g/mol. The number of rotatable bonds is 2. The van der Waals surface area contributed by atoms with Crippen molar-refractivity contribution >= 4 is 17.7 Å². The van der Waals surface area contributed by atoms with E-state index in [4.69, 9.17) is 0 Å². The quantitative estimate of drug-likeness (QED) is 0.895. The number of amides is 2. The van der Waals surface area contributed by atoms with Gasteiger partial charge >= 0.3 is 12.0 Å². The number of carboxylic acid groups (broad SMARTS) is 1. The maximum atomic E-state index is 12.6. The highest BCUT2D eigenvalue weighted by atomic mass is 16.4. The molecule has 5 heteroatoms. The topological polar surface area (TPSA) is 69.6 Å². The molecular weight excluding hydrogens is 292 g/mol. The Hall–Kier alpha value is -2.82. The van der Waals surface area contributed by atoms with E-state index in [-0.39, 0.29) is 0 Å². The third-order valence-electron chi connectivity index (χ3n) is 4.06. The highest BCUT2D eigenvalue weighted by molar-refractivity contribution is 5.92. The predicted octanol–water partition coefficient (Wildman–Crippen LogP) is 3.04. The fraction of sp³-hybridized carbons (Fsp3) is 0.222. The van der Waals surface area contributed by atoms with Gasteiger partial charge in [0.1, 0.15) is 6.04 Å². The van der Waals surface area contributed by atoms with E-state index in [1.165, 1.54) is 4.90 Å². The molecule has 3 rings (SSSR count).